The Labute approximate surface area is 129 Å². The van der Waals surface area contributed by atoms with E-state index in [4.69, 9.17) is 10.5 Å². The zero-order chi connectivity index (χ0) is 15.6. The average molecular weight is 293 g/mol. The van der Waals surface area contributed by atoms with E-state index in [1.807, 2.05) is 0 Å². The van der Waals surface area contributed by atoms with E-state index in [-0.39, 0.29) is 6.04 Å². The van der Waals surface area contributed by atoms with Gasteiger partial charge in [0, 0.05) is 30.5 Å². The van der Waals surface area contributed by atoms with Crippen LogP contribution in [0.3, 0.4) is 0 Å². The quantitative estimate of drug-likeness (QED) is 0.819. The summed E-state index contributed by atoms with van der Waals surface area (Å²) in [5.74, 6) is 0. The molecule has 120 valence electrons. The van der Waals surface area contributed by atoms with Gasteiger partial charge in [0.15, 0.2) is 0 Å². The summed E-state index contributed by atoms with van der Waals surface area (Å²) >= 11 is 0. The van der Waals surface area contributed by atoms with Crippen LogP contribution in [0.4, 0.5) is 0 Å². The Morgan fingerprint density at radius 2 is 2.10 bits per heavy atom. The van der Waals surface area contributed by atoms with E-state index < -0.39 is 0 Å². The summed E-state index contributed by atoms with van der Waals surface area (Å²) in [6.45, 7) is 10.3. The lowest BCUT2D eigenvalue weighted by atomic mass is 9.74. The molecule has 1 aliphatic rings. The number of fused-ring (bicyclic) bond motifs is 1. The zero-order valence-electron chi connectivity index (χ0n) is 14.3. The lowest BCUT2D eigenvalue weighted by Gasteiger charge is -2.34. The second-order valence-electron chi connectivity index (χ2n) is 7.41. The van der Waals surface area contributed by atoms with Crippen molar-refractivity contribution in [2.75, 3.05) is 33.9 Å². The molecule has 4 nitrogen and oxygen atoms in total. The number of rotatable bonds is 6. The van der Waals surface area contributed by atoms with Gasteiger partial charge in [0.1, 0.15) is 0 Å². The fourth-order valence-corrected chi connectivity index (χ4v) is 3.32. The van der Waals surface area contributed by atoms with Gasteiger partial charge in [-0.25, -0.2) is 0 Å². The highest BCUT2D eigenvalue weighted by Crippen LogP contribution is 2.40. The fraction of sp³-hybridized carbons (Fsp3) is 0.765. The number of nitrogens with zero attached hydrogens (tertiary/aromatic N) is 2. The smallest absolute Gasteiger partial charge is 0.0646 e. The van der Waals surface area contributed by atoms with E-state index in [9.17, 15) is 0 Å². The van der Waals surface area contributed by atoms with Crippen LogP contribution in [0, 0.1) is 12.3 Å². The molecule has 1 heterocycles. The molecule has 0 bridgehead atoms. The summed E-state index contributed by atoms with van der Waals surface area (Å²) < 4.78 is 8.16. The summed E-state index contributed by atoms with van der Waals surface area (Å²) in [5.41, 5.74) is 10.7. The van der Waals surface area contributed by atoms with E-state index in [1.54, 1.807) is 0 Å². The number of hydrogen-bond acceptors (Lipinski definition) is 3. The third-order valence-corrected chi connectivity index (χ3v) is 4.41. The van der Waals surface area contributed by atoms with Crippen molar-refractivity contribution in [1.29, 1.82) is 0 Å². The summed E-state index contributed by atoms with van der Waals surface area (Å²) in [5, 5.41) is 0. The van der Waals surface area contributed by atoms with Crippen molar-refractivity contribution in [3.63, 3.8) is 0 Å². The van der Waals surface area contributed by atoms with Gasteiger partial charge in [-0.3, -0.25) is 0 Å². The van der Waals surface area contributed by atoms with Crippen LogP contribution in [-0.4, -0.2) is 43.3 Å². The second-order valence-corrected chi connectivity index (χ2v) is 7.41. The van der Waals surface area contributed by atoms with Crippen molar-refractivity contribution in [1.82, 2.24) is 9.47 Å². The van der Waals surface area contributed by atoms with Crippen LogP contribution in [0.1, 0.15) is 43.3 Å². The van der Waals surface area contributed by atoms with Gasteiger partial charge in [-0.1, -0.05) is 13.8 Å². The first-order valence-corrected chi connectivity index (χ1v) is 7.97. The normalized spacial score (nSPS) is 20.8. The molecule has 1 aromatic heterocycles. The molecule has 0 fully saturated rings. The number of ether oxygens (including phenoxy) is 1. The maximum Gasteiger partial charge on any atom is 0.0646 e. The highest BCUT2D eigenvalue weighted by Gasteiger charge is 2.33. The molecule has 1 unspecified atom stereocenters. The Kier molecular flexibility index (Phi) is 5.12. The molecule has 0 amide bonds. The van der Waals surface area contributed by atoms with Gasteiger partial charge in [0.25, 0.3) is 0 Å². The molecule has 4 heteroatoms. The molecule has 1 aliphatic carbocycles. The molecule has 1 atom stereocenters. The minimum absolute atomic E-state index is 0.179. The lowest BCUT2D eigenvalue weighted by molar-refractivity contribution is 0.109. The zero-order valence-corrected chi connectivity index (χ0v) is 14.3. The topological polar surface area (TPSA) is 43.4 Å². The second kappa shape index (κ2) is 6.51. The minimum atomic E-state index is 0.179. The van der Waals surface area contributed by atoms with Gasteiger partial charge in [-0.15, -0.1) is 0 Å². The monoisotopic (exact) mass is 293 g/mol. The van der Waals surface area contributed by atoms with Crippen molar-refractivity contribution >= 4 is 0 Å². The maximum atomic E-state index is 6.36. The van der Waals surface area contributed by atoms with Crippen molar-refractivity contribution in [2.24, 2.45) is 11.1 Å². The Morgan fingerprint density at radius 3 is 2.76 bits per heavy atom. The number of hydrogen-bond donors (Lipinski definition) is 1. The van der Waals surface area contributed by atoms with E-state index in [2.05, 4.69) is 50.4 Å². The molecule has 0 aromatic carbocycles. The summed E-state index contributed by atoms with van der Waals surface area (Å²) in [7, 11) is 4.14. The summed E-state index contributed by atoms with van der Waals surface area (Å²) in [6, 6.07) is 2.45. The number of likely N-dealkylation sites (N-methyl/N-ethyl adjacent to an activating group) is 1. The minimum Gasteiger partial charge on any atom is -0.378 e. The van der Waals surface area contributed by atoms with Gasteiger partial charge in [-0.2, -0.15) is 0 Å². The third kappa shape index (κ3) is 4.09. The Bertz CT molecular complexity index is 477. The first-order chi connectivity index (χ1) is 9.80. The average Bonchev–Trinajstić information content (AvgIpc) is 2.65. The van der Waals surface area contributed by atoms with Crippen molar-refractivity contribution < 1.29 is 4.74 Å². The van der Waals surface area contributed by atoms with Crippen molar-refractivity contribution in [2.45, 2.75) is 46.2 Å². The van der Waals surface area contributed by atoms with Crippen LogP contribution in [0.2, 0.25) is 0 Å². The van der Waals surface area contributed by atoms with E-state index in [0.29, 0.717) is 5.41 Å². The first-order valence-electron chi connectivity index (χ1n) is 7.97. The molecular formula is C17H31N3O. The highest BCUT2D eigenvalue weighted by molar-refractivity contribution is 5.34. The standard InChI is InChI=1S/C17H31N3O/c1-13-10-14-15(18)11-17(2,3)12-16(14)20(13)7-9-21-8-6-19(4)5/h10,15H,6-9,11-12,18H2,1-5H3. The van der Waals surface area contributed by atoms with Crippen molar-refractivity contribution in [3.8, 4) is 0 Å². The summed E-state index contributed by atoms with van der Waals surface area (Å²) in [6.07, 6.45) is 2.18. The SMILES string of the molecule is Cc1cc2c(n1CCOCCN(C)C)CC(C)(C)CC2N. The Hall–Kier alpha value is -0.840. The molecule has 0 spiro atoms. The molecule has 21 heavy (non-hydrogen) atoms. The van der Waals surface area contributed by atoms with Gasteiger partial charge in [0.2, 0.25) is 0 Å². The molecule has 0 saturated heterocycles. The van der Waals surface area contributed by atoms with Crippen LogP contribution in [-0.2, 0) is 17.7 Å². The molecule has 0 saturated carbocycles. The number of aromatic nitrogens is 1. The van der Waals surface area contributed by atoms with Gasteiger partial charge < -0.3 is 19.9 Å². The highest BCUT2D eigenvalue weighted by atomic mass is 16.5. The molecule has 0 aliphatic heterocycles. The van der Waals surface area contributed by atoms with Gasteiger partial charge >= 0.3 is 0 Å². The summed E-state index contributed by atoms with van der Waals surface area (Å²) in [4.78, 5) is 2.14. The fourth-order valence-electron chi connectivity index (χ4n) is 3.32. The number of aryl methyl sites for hydroxylation is 1. The van der Waals surface area contributed by atoms with E-state index >= 15 is 0 Å². The maximum absolute atomic E-state index is 6.36. The van der Waals surface area contributed by atoms with E-state index in [0.717, 1.165) is 39.1 Å². The third-order valence-electron chi connectivity index (χ3n) is 4.41. The molecule has 1 aromatic rings. The lowest BCUT2D eigenvalue weighted by Crippen LogP contribution is -2.30. The molecular weight excluding hydrogens is 262 g/mol. The Morgan fingerprint density at radius 1 is 1.38 bits per heavy atom. The molecule has 2 N–H and O–H groups in total. The molecule has 2 rings (SSSR count). The molecule has 0 radical (unpaired) electrons. The largest absolute Gasteiger partial charge is 0.378 e. The predicted molar refractivity (Wildman–Crippen MR) is 87.6 cm³/mol. The van der Waals surface area contributed by atoms with Crippen molar-refractivity contribution in [3.05, 3.63) is 23.0 Å². The predicted octanol–water partition coefficient (Wildman–Crippen LogP) is 2.35. The first kappa shape index (κ1) is 16.5. The van der Waals surface area contributed by atoms with Gasteiger partial charge in [0.05, 0.1) is 13.2 Å². The number of nitrogens with two attached hydrogens (primary N) is 1. The van der Waals surface area contributed by atoms with Crippen LogP contribution in [0.5, 0.6) is 0 Å². The van der Waals surface area contributed by atoms with Crippen LogP contribution < -0.4 is 5.73 Å². The van der Waals surface area contributed by atoms with Gasteiger partial charge in [-0.05, 0) is 50.9 Å². The van der Waals surface area contributed by atoms with E-state index in [1.165, 1.54) is 17.0 Å². The van der Waals surface area contributed by atoms with Crippen LogP contribution in [0.25, 0.3) is 0 Å². The van der Waals surface area contributed by atoms with Crippen LogP contribution >= 0.6 is 0 Å². The van der Waals surface area contributed by atoms with Crippen LogP contribution in [0.15, 0.2) is 6.07 Å². The Balaban J connectivity index is 2.01.